The highest BCUT2D eigenvalue weighted by Gasteiger charge is 2.15. The van der Waals surface area contributed by atoms with Gasteiger partial charge in [-0.1, -0.05) is 11.6 Å². The third-order valence-corrected chi connectivity index (χ3v) is 2.04. The molecule has 0 aliphatic rings. The van der Waals surface area contributed by atoms with Gasteiger partial charge in [0.25, 0.3) is 5.69 Å². The maximum Gasteiger partial charge on any atom is 0.280 e. The lowest BCUT2D eigenvalue weighted by molar-refractivity contribution is -0.383. The van der Waals surface area contributed by atoms with E-state index in [9.17, 15) is 10.1 Å². The second kappa shape index (κ2) is 2.74. The van der Waals surface area contributed by atoms with Crippen LogP contribution in [0.15, 0.2) is 28.9 Å². The van der Waals surface area contributed by atoms with Gasteiger partial charge in [-0.2, -0.15) is 0 Å². The fourth-order valence-corrected chi connectivity index (χ4v) is 1.38. The number of nitro benzene ring substituents is 1. The number of benzene rings is 1. The van der Waals surface area contributed by atoms with E-state index in [1.165, 1.54) is 24.5 Å². The number of nitro groups is 1. The van der Waals surface area contributed by atoms with Crippen molar-refractivity contribution in [2.45, 2.75) is 0 Å². The SMILES string of the molecule is O=[N+]([O-])c1ccc(Cl)c2occc12. The minimum Gasteiger partial charge on any atom is -0.462 e. The van der Waals surface area contributed by atoms with Crippen molar-refractivity contribution in [3.8, 4) is 0 Å². The molecule has 0 saturated heterocycles. The number of furan rings is 1. The summed E-state index contributed by atoms with van der Waals surface area (Å²) in [6, 6.07) is 4.34. The summed E-state index contributed by atoms with van der Waals surface area (Å²) in [5, 5.41) is 11.4. The molecule has 0 unspecified atom stereocenters. The average molecular weight is 198 g/mol. The van der Waals surface area contributed by atoms with Crippen LogP contribution in [0.5, 0.6) is 0 Å². The molecule has 4 nitrogen and oxygen atoms in total. The van der Waals surface area contributed by atoms with Crippen LogP contribution in [0.2, 0.25) is 5.02 Å². The predicted molar refractivity (Wildman–Crippen MR) is 47.9 cm³/mol. The summed E-state index contributed by atoms with van der Waals surface area (Å²) in [5.41, 5.74) is 0.365. The fraction of sp³-hybridized carbons (Fsp3) is 0. The van der Waals surface area contributed by atoms with Crippen molar-refractivity contribution < 1.29 is 9.34 Å². The zero-order valence-corrected chi connectivity index (χ0v) is 7.12. The molecule has 2 aromatic rings. The van der Waals surface area contributed by atoms with E-state index < -0.39 is 4.92 Å². The molecule has 1 aromatic carbocycles. The van der Waals surface area contributed by atoms with E-state index in [-0.39, 0.29) is 5.69 Å². The lowest BCUT2D eigenvalue weighted by Gasteiger charge is -1.93. The van der Waals surface area contributed by atoms with Crippen LogP contribution in [0.3, 0.4) is 0 Å². The van der Waals surface area contributed by atoms with Gasteiger partial charge < -0.3 is 4.42 Å². The summed E-state index contributed by atoms with van der Waals surface area (Å²) in [7, 11) is 0. The van der Waals surface area contributed by atoms with E-state index in [4.69, 9.17) is 16.0 Å². The number of halogens is 1. The highest BCUT2D eigenvalue weighted by Crippen LogP contribution is 2.31. The van der Waals surface area contributed by atoms with Crippen molar-refractivity contribution in [1.82, 2.24) is 0 Å². The molecule has 0 saturated carbocycles. The maximum atomic E-state index is 10.5. The van der Waals surface area contributed by atoms with Crippen LogP contribution in [0.25, 0.3) is 11.0 Å². The molecule has 0 aliphatic carbocycles. The number of rotatable bonds is 1. The van der Waals surface area contributed by atoms with Gasteiger partial charge in [0.1, 0.15) is 0 Å². The smallest absolute Gasteiger partial charge is 0.280 e. The maximum absolute atomic E-state index is 10.5. The Morgan fingerprint density at radius 1 is 1.38 bits per heavy atom. The van der Waals surface area contributed by atoms with Gasteiger partial charge in [-0.25, -0.2) is 0 Å². The van der Waals surface area contributed by atoms with Crippen LogP contribution >= 0.6 is 11.6 Å². The molecule has 1 aromatic heterocycles. The summed E-state index contributed by atoms with van der Waals surface area (Å²) in [6.07, 6.45) is 1.38. The first-order valence-corrected chi connectivity index (χ1v) is 3.88. The predicted octanol–water partition coefficient (Wildman–Crippen LogP) is 2.99. The standard InChI is InChI=1S/C8H4ClNO3/c9-6-1-2-7(10(11)12)5-3-4-13-8(5)6/h1-4H. The van der Waals surface area contributed by atoms with Crippen molar-refractivity contribution in [3.05, 3.63) is 39.6 Å². The molecule has 66 valence electrons. The zero-order chi connectivity index (χ0) is 9.42. The van der Waals surface area contributed by atoms with Gasteiger partial charge >= 0.3 is 0 Å². The monoisotopic (exact) mass is 197 g/mol. The fourth-order valence-electron chi connectivity index (χ4n) is 1.17. The Morgan fingerprint density at radius 2 is 2.15 bits per heavy atom. The molecule has 0 fully saturated rings. The van der Waals surface area contributed by atoms with Crippen molar-refractivity contribution in [3.63, 3.8) is 0 Å². The largest absolute Gasteiger partial charge is 0.462 e. The topological polar surface area (TPSA) is 56.3 Å². The van der Waals surface area contributed by atoms with Crippen LogP contribution in [0, 0.1) is 10.1 Å². The number of hydrogen-bond donors (Lipinski definition) is 0. The highest BCUT2D eigenvalue weighted by molar-refractivity contribution is 6.35. The van der Waals surface area contributed by atoms with E-state index in [0.29, 0.717) is 16.0 Å². The Kier molecular flexibility index (Phi) is 1.70. The molecule has 5 heteroatoms. The summed E-state index contributed by atoms with van der Waals surface area (Å²) < 4.78 is 5.00. The molecular formula is C8H4ClNO3. The second-order valence-electron chi connectivity index (χ2n) is 2.49. The minimum atomic E-state index is -0.464. The lowest BCUT2D eigenvalue weighted by Crippen LogP contribution is -1.87. The Labute approximate surface area is 77.9 Å². The molecule has 0 bridgehead atoms. The molecule has 0 atom stereocenters. The molecule has 0 amide bonds. The van der Waals surface area contributed by atoms with Gasteiger partial charge in [-0.05, 0) is 12.1 Å². The Balaban J connectivity index is 2.86. The summed E-state index contributed by atoms with van der Waals surface area (Å²) in [4.78, 5) is 10.1. The summed E-state index contributed by atoms with van der Waals surface area (Å²) >= 11 is 5.76. The average Bonchev–Trinajstić information content (AvgIpc) is 2.53. The zero-order valence-electron chi connectivity index (χ0n) is 6.36. The van der Waals surface area contributed by atoms with Gasteiger partial charge in [0.15, 0.2) is 5.58 Å². The van der Waals surface area contributed by atoms with Gasteiger partial charge in [0, 0.05) is 6.07 Å². The number of non-ortho nitro benzene ring substituents is 1. The molecule has 13 heavy (non-hydrogen) atoms. The van der Waals surface area contributed by atoms with E-state index in [0.717, 1.165) is 0 Å². The molecule has 1 heterocycles. The van der Waals surface area contributed by atoms with Crippen molar-refractivity contribution in [1.29, 1.82) is 0 Å². The van der Waals surface area contributed by atoms with Crippen LogP contribution < -0.4 is 0 Å². The van der Waals surface area contributed by atoms with Gasteiger partial charge in [0.2, 0.25) is 0 Å². The first-order chi connectivity index (χ1) is 6.20. The van der Waals surface area contributed by atoms with E-state index in [1.807, 2.05) is 0 Å². The van der Waals surface area contributed by atoms with Crippen LogP contribution in [0.1, 0.15) is 0 Å². The number of fused-ring (bicyclic) bond motifs is 1. The number of hydrogen-bond acceptors (Lipinski definition) is 3. The Bertz CT molecular complexity index is 477. The van der Waals surface area contributed by atoms with Crippen LogP contribution in [-0.2, 0) is 0 Å². The third-order valence-electron chi connectivity index (χ3n) is 1.74. The van der Waals surface area contributed by atoms with Gasteiger partial charge in [-0.3, -0.25) is 10.1 Å². The molecule has 0 aliphatic heterocycles. The quantitative estimate of drug-likeness (QED) is 0.522. The van der Waals surface area contributed by atoms with Crippen molar-refractivity contribution in [2.24, 2.45) is 0 Å². The normalized spacial score (nSPS) is 10.5. The van der Waals surface area contributed by atoms with Crippen LogP contribution in [-0.4, -0.2) is 4.92 Å². The molecule has 0 N–H and O–H groups in total. The lowest BCUT2D eigenvalue weighted by atomic mass is 10.2. The minimum absolute atomic E-state index is 0.00755. The molecule has 2 rings (SSSR count). The summed E-state index contributed by atoms with van der Waals surface area (Å²) in [5.74, 6) is 0. The van der Waals surface area contributed by atoms with Gasteiger partial charge in [-0.15, -0.1) is 0 Å². The first-order valence-electron chi connectivity index (χ1n) is 3.50. The highest BCUT2D eigenvalue weighted by atomic mass is 35.5. The Hall–Kier alpha value is -1.55. The number of nitrogens with zero attached hydrogens (tertiary/aromatic N) is 1. The molecular weight excluding hydrogens is 194 g/mol. The molecule has 0 spiro atoms. The van der Waals surface area contributed by atoms with Crippen molar-refractivity contribution >= 4 is 28.3 Å². The third kappa shape index (κ3) is 1.15. The van der Waals surface area contributed by atoms with E-state index in [2.05, 4.69) is 0 Å². The molecule has 0 radical (unpaired) electrons. The van der Waals surface area contributed by atoms with Gasteiger partial charge in [0.05, 0.1) is 21.6 Å². The van der Waals surface area contributed by atoms with Crippen LogP contribution in [0.4, 0.5) is 5.69 Å². The Morgan fingerprint density at radius 3 is 2.85 bits per heavy atom. The first kappa shape index (κ1) is 8.07. The van der Waals surface area contributed by atoms with Crippen molar-refractivity contribution in [2.75, 3.05) is 0 Å². The van der Waals surface area contributed by atoms with E-state index >= 15 is 0 Å². The summed E-state index contributed by atoms with van der Waals surface area (Å²) in [6.45, 7) is 0. The second-order valence-corrected chi connectivity index (χ2v) is 2.89. The van der Waals surface area contributed by atoms with E-state index in [1.54, 1.807) is 0 Å².